The first-order chi connectivity index (χ1) is 17.3. The molecule has 1 amide bonds. The van der Waals surface area contributed by atoms with Crippen LogP contribution in [0.2, 0.25) is 0 Å². The second-order valence-electron chi connectivity index (χ2n) is 9.31. The van der Waals surface area contributed by atoms with E-state index < -0.39 is 17.4 Å². The van der Waals surface area contributed by atoms with Crippen molar-refractivity contribution in [2.45, 2.75) is 42.2 Å². The number of nitrogens with two attached hydrogens (primary N) is 1. The molecule has 3 aromatic rings. The van der Waals surface area contributed by atoms with Crippen LogP contribution < -0.4 is 5.73 Å². The Bertz CT molecular complexity index is 1250. The summed E-state index contributed by atoms with van der Waals surface area (Å²) in [7, 11) is 0. The summed E-state index contributed by atoms with van der Waals surface area (Å²) in [6, 6.07) is 25.7. The van der Waals surface area contributed by atoms with E-state index >= 15 is 0 Å². The van der Waals surface area contributed by atoms with Crippen molar-refractivity contribution < 1.29 is 18.9 Å². The topological polar surface area (TPSA) is 86.5 Å². The fourth-order valence-corrected chi connectivity index (χ4v) is 9.81. The van der Waals surface area contributed by atoms with Crippen LogP contribution in [-0.4, -0.2) is 36.7 Å². The fourth-order valence-electron chi connectivity index (χ4n) is 4.67. The monoisotopic (exact) mass is 521 g/mol. The molecule has 0 aromatic heterocycles. The molecule has 1 unspecified atom stereocenters. The van der Waals surface area contributed by atoms with Crippen LogP contribution in [0.15, 0.2) is 83.8 Å². The van der Waals surface area contributed by atoms with E-state index in [9.17, 15) is 14.2 Å². The number of hydrogen-bond acceptors (Lipinski definition) is 5. The molecular formula is C29H32NO4PS. The number of primary amides is 1. The van der Waals surface area contributed by atoms with Gasteiger partial charge in [0.1, 0.15) is 5.16 Å². The summed E-state index contributed by atoms with van der Waals surface area (Å²) in [5.41, 5.74) is 9.71. The lowest BCUT2D eigenvalue weighted by atomic mass is 9.98. The number of amides is 1. The molecule has 1 aliphatic rings. The van der Waals surface area contributed by atoms with E-state index in [0.717, 1.165) is 40.0 Å². The molecule has 1 aliphatic heterocycles. The number of Topliss-reactive ketones (excluding diaryl/α,β-unsaturated/α-hetero) is 1. The third-order valence-corrected chi connectivity index (χ3v) is 12.7. The van der Waals surface area contributed by atoms with Crippen molar-refractivity contribution in [1.82, 2.24) is 0 Å². The highest BCUT2D eigenvalue weighted by Gasteiger charge is 2.51. The average Bonchev–Trinajstić information content (AvgIpc) is 2.90. The summed E-state index contributed by atoms with van der Waals surface area (Å²) in [5, 5.41) is -1.02. The lowest BCUT2D eigenvalue weighted by Crippen LogP contribution is -2.47. The molecular weight excluding hydrogens is 489 g/mol. The Morgan fingerprint density at radius 1 is 0.944 bits per heavy atom. The predicted molar refractivity (Wildman–Crippen MR) is 147 cm³/mol. The zero-order valence-corrected chi connectivity index (χ0v) is 22.2. The van der Waals surface area contributed by atoms with Gasteiger partial charge in [-0.05, 0) is 67.2 Å². The zero-order chi connectivity index (χ0) is 25.6. The van der Waals surface area contributed by atoms with Gasteiger partial charge in [0.05, 0.1) is 0 Å². The van der Waals surface area contributed by atoms with Crippen LogP contribution in [0, 0.1) is 0 Å². The van der Waals surface area contributed by atoms with E-state index in [4.69, 9.17) is 10.5 Å². The van der Waals surface area contributed by atoms with Crippen LogP contribution in [0.25, 0.3) is 11.1 Å². The lowest BCUT2D eigenvalue weighted by Gasteiger charge is -2.38. The van der Waals surface area contributed by atoms with Crippen LogP contribution in [0.1, 0.15) is 41.6 Å². The molecule has 1 fully saturated rings. The predicted octanol–water partition coefficient (Wildman–Crippen LogP) is 6.59. The lowest BCUT2D eigenvalue weighted by molar-refractivity contribution is -0.122. The standard InChI is InChI=1S/C29H32NO4PS/c1-35(33,29(28(30)32)17-19-34-20-18-29)36-26-15-13-22(14-16-26)7-5-12-27(31)25-11-6-10-24(21-25)23-8-3-2-4-9-23/h2-4,6,8-11,13-16,21H,5,7,12,17-20H2,1H3,(H2,30,32). The van der Waals surface area contributed by atoms with E-state index in [-0.39, 0.29) is 5.78 Å². The van der Waals surface area contributed by atoms with E-state index in [1.807, 2.05) is 78.9 Å². The highest BCUT2D eigenvalue weighted by Crippen LogP contribution is 2.70. The molecule has 2 N–H and O–H groups in total. The Labute approximate surface area is 216 Å². The summed E-state index contributed by atoms with van der Waals surface area (Å²) in [4.78, 5) is 25.9. The molecule has 0 saturated carbocycles. The highest BCUT2D eigenvalue weighted by atomic mass is 32.7. The quantitative estimate of drug-likeness (QED) is 0.240. The second kappa shape index (κ2) is 11.6. The van der Waals surface area contributed by atoms with Gasteiger partial charge >= 0.3 is 0 Å². The van der Waals surface area contributed by atoms with Gasteiger partial charge < -0.3 is 15.0 Å². The number of rotatable bonds is 10. The Kier molecular flexibility index (Phi) is 8.50. The molecule has 36 heavy (non-hydrogen) atoms. The number of ether oxygens (including phenoxy) is 1. The molecule has 0 spiro atoms. The SMILES string of the molecule is CP(=O)(Sc1ccc(CCCC(=O)c2cccc(-c3ccccc3)c2)cc1)C1(C(N)=O)CCOCC1. The fraction of sp³-hybridized carbons (Fsp3) is 0.310. The molecule has 0 aliphatic carbocycles. The molecule has 3 aromatic carbocycles. The Morgan fingerprint density at radius 3 is 2.28 bits per heavy atom. The minimum atomic E-state index is -2.97. The molecule has 5 nitrogen and oxygen atoms in total. The maximum atomic E-state index is 13.7. The largest absolute Gasteiger partial charge is 0.381 e. The number of benzene rings is 3. The van der Waals surface area contributed by atoms with Crippen LogP contribution in [0.5, 0.6) is 0 Å². The first kappa shape index (κ1) is 26.4. The summed E-state index contributed by atoms with van der Waals surface area (Å²) in [6.07, 6.45) is -0.183. The van der Waals surface area contributed by atoms with Crippen LogP contribution in [0.4, 0.5) is 0 Å². The third kappa shape index (κ3) is 6.00. The normalized spacial score (nSPS) is 16.7. The van der Waals surface area contributed by atoms with Crippen molar-refractivity contribution in [3.8, 4) is 11.1 Å². The average molecular weight is 522 g/mol. The number of carbonyl (C=O) groups excluding carboxylic acids is 2. The van der Waals surface area contributed by atoms with Gasteiger partial charge in [-0.15, -0.1) is 0 Å². The number of aryl methyl sites for hydroxylation is 1. The van der Waals surface area contributed by atoms with E-state index in [0.29, 0.717) is 32.5 Å². The van der Waals surface area contributed by atoms with Gasteiger partial charge in [0, 0.05) is 30.1 Å². The highest BCUT2D eigenvalue weighted by molar-refractivity contribution is 8.58. The van der Waals surface area contributed by atoms with Crippen LogP contribution in [-0.2, 0) is 20.5 Å². The minimum Gasteiger partial charge on any atom is -0.381 e. The van der Waals surface area contributed by atoms with Gasteiger partial charge in [0.25, 0.3) is 0 Å². The molecule has 1 saturated heterocycles. The third-order valence-electron chi connectivity index (χ3n) is 6.92. The maximum absolute atomic E-state index is 13.7. The van der Waals surface area contributed by atoms with Gasteiger partial charge in [0.15, 0.2) is 12.1 Å². The van der Waals surface area contributed by atoms with Crippen molar-refractivity contribution in [3.63, 3.8) is 0 Å². The summed E-state index contributed by atoms with van der Waals surface area (Å²) >= 11 is 1.26. The second-order valence-corrected chi connectivity index (χ2v) is 15.2. The maximum Gasteiger partial charge on any atom is 0.232 e. The van der Waals surface area contributed by atoms with Crippen LogP contribution in [0.3, 0.4) is 0 Å². The molecule has 0 radical (unpaired) electrons. The summed E-state index contributed by atoms with van der Waals surface area (Å²) in [5.74, 6) is -0.361. The minimum absolute atomic E-state index is 0.139. The van der Waals surface area contributed by atoms with Gasteiger partial charge in [-0.25, -0.2) is 0 Å². The molecule has 7 heteroatoms. The van der Waals surface area contributed by atoms with Gasteiger partial charge in [0.2, 0.25) is 5.91 Å². The van der Waals surface area contributed by atoms with Gasteiger partial charge in [-0.3, -0.25) is 9.59 Å². The van der Waals surface area contributed by atoms with E-state index in [2.05, 4.69) is 0 Å². The first-order valence-electron chi connectivity index (χ1n) is 12.2. The molecule has 1 atom stereocenters. The Morgan fingerprint density at radius 2 is 1.61 bits per heavy atom. The number of carbonyl (C=O) groups is 2. The Hall–Kier alpha value is -2.66. The number of hydrogen-bond donors (Lipinski definition) is 1. The van der Waals surface area contributed by atoms with Gasteiger partial charge in [-0.2, -0.15) is 0 Å². The molecule has 4 rings (SSSR count). The van der Waals surface area contributed by atoms with Crippen molar-refractivity contribution in [2.24, 2.45) is 5.73 Å². The zero-order valence-electron chi connectivity index (χ0n) is 20.5. The summed E-state index contributed by atoms with van der Waals surface area (Å²) < 4.78 is 19.0. The van der Waals surface area contributed by atoms with Crippen molar-refractivity contribution >= 4 is 29.4 Å². The van der Waals surface area contributed by atoms with E-state index in [1.165, 1.54) is 11.4 Å². The molecule has 188 valence electrons. The van der Waals surface area contributed by atoms with Crippen molar-refractivity contribution in [3.05, 3.63) is 90.0 Å². The van der Waals surface area contributed by atoms with Gasteiger partial charge in [-0.1, -0.05) is 72.0 Å². The molecule has 0 bridgehead atoms. The molecule has 1 heterocycles. The van der Waals surface area contributed by atoms with Crippen LogP contribution >= 0.6 is 17.7 Å². The van der Waals surface area contributed by atoms with Crippen molar-refractivity contribution in [1.29, 1.82) is 0 Å². The number of ketones is 1. The smallest absolute Gasteiger partial charge is 0.232 e. The Balaban J connectivity index is 1.33. The van der Waals surface area contributed by atoms with E-state index in [1.54, 1.807) is 6.66 Å². The first-order valence-corrected chi connectivity index (χ1v) is 15.8. The summed E-state index contributed by atoms with van der Waals surface area (Å²) in [6.45, 7) is 2.46. The van der Waals surface area contributed by atoms with Crippen molar-refractivity contribution in [2.75, 3.05) is 19.9 Å².